The van der Waals surface area contributed by atoms with Crippen LogP contribution in [0.5, 0.6) is 0 Å². The highest BCUT2D eigenvalue weighted by Crippen LogP contribution is 2.53. The molecule has 2 heterocycles. The summed E-state index contributed by atoms with van der Waals surface area (Å²) in [5, 5.41) is 8.03. The van der Waals surface area contributed by atoms with Crippen molar-refractivity contribution in [1.29, 1.82) is 0 Å². The summed E-state index contributed by atoms with van der Waals surface area (Å²) < 4.78 is 13.4. The molecule has 8 heteroatoms. The maximum atomic E-state index is 12.8. The van der Waals surface area contributed by atoms with Gasteiger partial charge in [0, 0.05) is 29.6 Å². The molecule has 1 aromatic rings. The van der Waals surface area contributed by atoms with Crippen molar-refractivity contribution in [3.8, 4) is 0 Å². The maximum absolute atomic E-state index is 12.8. The van der Waals surface area contributed by atoms with E-state index < -0.39 is 11.2 Å². The standard InChI is InChI=1S/C27H44N4O4/c1-23(2,3)34-21(32)29-27-12-9-26(10-13-27,11-14-27)18-31-20-19(15-28-31)16-30(17-25(20,7)8)22(33)35-24(4,5)6/h15H,9-14,16-18H2,1-8H3,(H,29,32). The van der Waals surface area contributed by atoms with Crippen LogP contribution in [0.3, 0.4) is 0 Å². The minimum atomic E-state index is -0.514. The van der Waals surface area contributed by atoms with Gasteiger partial charge < -0.3 is 19.7 Å². The Kier molecular flexibility index (Phi) is 6.21. The first-order valence-electron chi connectivity index (χ1n) is 13.0. The summed E-state index contributed by atoms with van der Waals surface area (Å²) in [5.74, 6) is 0. The Morgan fingerprint density at radius 3 is 2.09 bits per heavy atom. The minimum Gasteiger partial charge on any atom is -0.444 e. The van der Waals surface area contributed by atoms with Gasteiger partial charge in [0.15, 0.2) is 0 Å². The van der Waals surface area contributed by atoms with Crippen LogP contribution in [0.1, 0.15) is 105 Å². The van der Waals surface area contributed by atoms with Gasteiger partial charge in [-0.05, 0) is 85.5 Å². The quantitative estimate of drug-likeness (QED) is 0.605. The van der Waals surface area contributed by atoms with Gasteiger partial charge in [-0.1, -0.05) is 13.8 Å². The Morgan fingerprint density at radius 2 is 1.54 bits per heavy atom. The third-order valence-electron chi connectivity index (χ3n) is 7.81. The van der Waals surface area contributed by atoms with E-state index in [1.807, 2.05) is 47.7 Å². The van der Waals surface area contributed by atoms with Crippen molar-refractivity contribution in [3.63, 3.8) is 0 Å². The molecule has 1 aliphatic heterocycles. The molecule has 5 rings (SSSR count). The molecular weight excluding hydrogens is 444 g/mol. The highest BCUT2D eigenvalue weighted by atomic mass is 16.6. The maximum Gasteiger partial charge on any atom is 0.410 e. The normalized spacial score (nSPS) is 27.8. The number of nitrogens with one attached hydrogen (secondary N) is 1. The van der Waals surface area contributed by atoms with Crippen LogP contribution in [0, 0.1) is 5.41 Å². The first kappa shape index (κ1) is 25.8. The van der Waals surface area contributed by atoms with Gasteiger partial charge in [0.25, 0.3) is 0 Å². The second-order valence-corrected chi connectivity index (χ2v) is 13.8. The number of alkyl carbamates (subject to hydrolysis) is 1. The van der Waals surface area contributed by atoms with Crippen LogP contribution in [0.15, 0.2) is 6.20 Å². The molecule has 0 aromatic carbocycles. The smallest absolute Gasteiger partial charge is 0.410 e. The lowest BCUT2D eigenvalue weighted by atomic mass is 9.57. The summed E-state index contributed by atoms with van der Waals surface area (Å²) in [4.78, 5) is 27.0. The van der Waals surface area contributed by atoms with Crippen LogP contribution in [-0.4, -0.2) is 50.2 Å². The highest BCUT2D eigenvalue weighted by Gasteiger charge is 2.50. The van der Waals surface area contributed by atoms with Crippen molar-refractivity contribution in [2.45, 2.75) is 129 Å². The topological polar surface area (TPSA) is 85.7 Å². The number of hydrogen-bond donors (Lipinski definition) is 1. The van der Waals surface area contributed by atoms with E-state index in [1.54, 1.807) is 4.90 Å². The zero-order chi connectivity index (χ0) is 25.9. The third-order valence-corrected chi connectivity index (χ3v) is 7.81. The van der Waals surface area contributed by atoms with Gasteiger partial charge in [0.05, 0.1) is 18.4 Å². The molecule has 0 unspecified atom stereocenters. The molecule has 196 valence electrons. The van der Waals surface area contributed by atoms with Gasteiger partial charge in [-0.15, -0.1) is 0 Å². The zero-order valence-corrected chi connectivity index (χ0v) is 22.9. The average Bonchev–Trinajstić information content (AvgIpc) is 3.09. The molecule has 0 saturated heterocycles. The molecular formula is C27H44N4O4. The van der Waals surface area contributed by atoms with Crippen LogP contribution in [0.25, 0.3) is 0 Å². The van der Waals surface area contributed by atoms with Crippen molar-refractivity contribution in [3.05, 3.63) is 17.5 Å². The lowest BCUT2D eigenvalue weighted by Crippen LogP contribution is -2.58. The number of carbonyl (C=O) groups is 2. The molecule has 0 radical (unpaired) electrons. The van der Waals surface area contributed by atoms with Gasteiger partial charge in [-0.3, -0.25) is 4.68 Å². The van der Waals surface area contributed by atoms with Gasteiger partial charge in [0.2, 0.25) is 0 Å². The van der Waals surface area contributed by atoms with Gasteiger partial charge >= 0.3 is 12.2 Å². The molecule has 1 aromatic heterocycles. The molecule has 0 atom stereocenters. The number of rotatable bonds is 3. The average molecular weight is 489 g/mol. The number of ether oxygens (including phenoxy) is 2. The summed E-state index contributed by atoms with van der Waals surface area (Å²) in [6.07, 6.45) is 7.51. The van der Waals surface area contributed by atoms with E-state index in [9.17, 15) is 9.59 Å². The SMILES string of the molecule is CC(C)(C)OC(=O)NC12CCC(Cn3ncc4c3C(C)(C)CN(C(=O)OC(C)(C)C)C4)(CC1)CC2. The number of aromatic nitrogens is 2. The van der Waals surface area contributed by atoms with Crippen LogP contribution in [0.2, 0.25) is 0 Å². The molecule has 8 nitrogen and oxygen atoms in total. The molecule has 3 saturated carbocycles. The molecule has 35 heavy (non-hydrogen) atoms. The largest absolute Gasteiger partial charge is 0.444 e. The predicted molar refractivity (Wildman–Crippen MR) is 134 cm³/mol. The number of nitrogens with zero attached hydrogens (tertiary/aromatic N) is 3. The minimum absolute atomic E-state index is 0.138. The molecule has 2 bridgehead atoms. The Hall–Kier alpha value is -2.25. The lowest BCUT2D eigenvalue weighted by molar-refractivity contribution is -0.00610. The third kappa shape index (κ3) is 5.61. The van der Waals surface area contributed by atoms with E-state index in [2.05, 4.69) is 23.8 Å². The molecule has 0 spiro atoms. The summed E-state index contributed by atoms with van der Waals surface area (Å²) in [5.41, 5.74) is 1.19. The molecule has 3 aliphatic carbocycles. The van der Waals surface area contributed by atoms with Crippen molar-refractivity contribution in [2.24, 2.45) is 5.41 Å². The predicted octanol–water partition coefficient (Wildman–Crippen LogP) is 5.53. The van der Waals surface area contributed by atoms with Crippen LogP contribution >= 0.6 is 0 Å². The van der Waals surface area contributed by atoms with E-state index in [1.165, 1.54) is 5.69 Å². The Balaban J connectivity index is 1.44. The summed E-state index contributed by atoms with van der Waals surface area (Å²) in [7, 11) is 0. The zero-order valence-electron chi connectivity index (χ0n) is 22.9. The molecule has 1 N–H and O–H groups in total. The number of carbonyl (C=O) groups excluding carboxylic acids is 2. The van der Waals surface area contributed by atoms with Crippen molar-refractivity contribution >= 4 is 12.2 Å². The fourth-order valence-electron chi connectivity index (χ4n) is 6.24. The van der Waals surface area contributed by atoms with E-state index in [0.29, 0.717) is 13.1 Å². The van der Waals surface area contributed by atoms with E-state index in [-0.39, 0.29) is 28.6 Å². The Bertz CT molecular complexity index is 958. The highest BCUT2D eigenvalue weighted by molar-refractivity contribution is 5.69. The Labute approximate surface area is 210 Å². The summed E-state index contributed by atoms with van der Waals surface area (Å²) >= 11 is 0. The first-order chi connectivity index (χ1) is 16.0. The number of fused-ring (bicyclic) bond motifs is 4. The lowest BCUT2D eigenvalue weighted by Gasteiger charge is -2.53. The summed E-state index contributed by atoms with van der Waals surface area (Å²) in [6, 6.07) is 0. The van der Waals surface area contributed by atoms with Crippen molar-refractivity contribution < 1.29 is 19.1 Å². The van der Waals surface area contributed by atoms with Crippen LogP contribution in [0.4, 0.5) is 9.59 Å². The second-order valence-electron chi connectivity index (χ2n) is 13.8. The molecule has 3 fully saturated rings. The molecule has 4 aliphatic rings. The number of hydrogen-bond acceptors (Lipinski definition) is 5. The van der Waals surface area contributed by atoms with Crippen molar-refractivity contribution in [2.75, 3.05) is 6.54 Å². The fourth-order valence-corrected chi connectivity index (χ4v) is 6.24. The van der Waals surface area contributed by atoms with Crippen LogP contribution < -0.4 is 5.32 Å². The first-order valence-corrected chi connectivity index (χ1v) is 13.0. The second kappa shape index (κ2) is 8.41. The van der Waals surface area contributed by atoms with E-state index >= 15 is 0 Å². The fraction of sp³-hybridized carbons (Fsp3) is 0.815. The van der Waals surface area contributed by atoms with Gasteiger partial charge in [-0.2, -0.15) is 5.10 Å². The molecule has 2 amide bonds. The van der Waals surface area contributed by atoms with Gasteiger partial charge in [-0.25, -0.2) is 9.59 Å². The monoisotopic (exact) mass is 488 g/mol. The van der Waals surface area contributed by atoms with E-state index in [0.717, 1.165) is 50.6 Å². The van der Waals surface area contributed by atoms with E-state index in [4.69, 9.17) is 14.6 Å². The Morgan fingerprint density at radius 1 is 0.971 bits per heavy atom. The van der Waals surface area contributed by atoms with Gasteiger partial charge in [0.1, 0.15) is 11.2 Å². The number of amides is 2. The summed E-state index contributed by atoms with van der Waals surface area (Å²) in [6.45, 7) is 17.8. The van der Waals surface area contributed by atoms with Crippen LogP contribution in [-0.2, 0) is 28.0 Å². The van der Waals surface area contributed by atoms with Crippen molar-refractivity contribution in [1.82, 2.24) is 20.0 Å².